The van der Waals surface area contributed by atoms with E-state index in [1.165, 1.54) is 0 Å². The average molecular weight is 198 g/mol. The number of alkyl halides is 1. The molecule has 0 saturated heterocycles. The Hall–Kier alpha value is 0.0500. The van der Waals surface area contributed by atoms with E-state index in [1.54, 1.807) is 0 Å². The molecule has 0 radical (unpaired) electrons. The van der Waals surface area contributed by atoms with Crippen LogP contribution >= 0.6 is 11.6 Å². The standard InChI is InChI=1S/C7H13ClNO.ClH/c1-2-7-9(4-3-8)5-6-10-7;/h2-6H2,1H3;1H/q+1;/p-1. The van der Waals surface area contributed by atoms with Gasteiger partial charge in [-0.3, -0.25) is 0 Å². The Bertz CT molecular complexity index is 147. The first kappa shape index (κ1) is 11.1. The monoisotopic (exact) mass is 197 g/mol. The van der Waals surface area contributed by atoms with Gasteiger partial charge in [-0.2, -0.15) is 4.58 Å². The van der Waals surface area contributed by atoms with Crippen molar-refractivity contribution in [3.05, 3.63) is 0 Å². The van der Waals surface area contributed by atoms with E-state index in [9.17, 15) is 0 Å². The van der Waals surface area contributed by atoms with Gasteiger partial charge < -0.3 is 17.1 Å². The molecule has 0 aromatic carbocycles. The van der Waals surface area contributed by atoms with Crippen LogP contribution in [-0.2, 0) is 4.74 Å². The van der Waals surface area contributed by atoms with Crippen LogP contribution in [0, 0.1) is 0 Å². The summed E-state index contributed by atoms with van der Waals surface area (Å²) in [5.74, 6) is 1.79. The lowest BCUT2D eigenvalue weighted by Gasteiger charge is -1.93. The van der Waals surface area contributed by atoms with Gasteiger partial charge in [0.2, 0.25) is 0 Å². The number of nitrogens with zero attached hydrogens (tertiary/aromatic N) is 1. The van der Waals surface area contributed by atoms with Crippen LogP contribution < -0.4 is 12.4 Å². The van der Waals surface area contributed by atoms with Gasteiger partial charge in [-0.05, 0) is 0 Å². The minimum Gasteiger partial charge on any atom is -1.00 e. The van der Waals surface area contributed by atoms with Crippen molar-refractivity contribution in [2.45, 2.75) is 13.3 Å². The van der Waals surface area contributed by atoms with Crippen molar-refractivity contribution in [2.24, 2.45) is 0 Å². The molecular weight excluding hydrogens is 185 g/mol. The van der Waals surface area contributed by atoms with Gasteiger partial charge in [0.15, 0.2) is 19.7 Å². The maximum Gasteiger partial charge on any atom is 0.336 e. The number of rotatable bonds is 3. The second-order valence-electron chi connectivity index (χ2n) is 2.27. The van der Waals surface area contributed by atoms with Gasteiger partial charge >= 0.3 is 5.90 Å². The molecule has 0 spiro atoms. The van der Waals surface area contributed by atoms with Crippen molar-refractivity contribution in [2.75, 3.05) is 25.6 Å². The molecule has 4 heteroatoms. The lowest BCUT2D eigenvalue weighted by atomic mass is 10.5. The van der Waals surface area contributed by atoms with Crippen molar-refractivity contribution in [1.29, 1.82) is 0 Å². The summed E-state index contributed by atoms with van der Waals surface area (Å²) < 4.78 is 7.55. The van der Waals surface area contributed by atoms with Crippen LogP contribution in [0.15, 0.2) is 0 Å². The summed E-state index contributed by atoms with van der Waals surface area (Å²) in [6.07, 6.45) is 0.983. The van der Waals surface area contributed by atoms with E-state index in [0.717, 1.165) is 32.0 Å². The summed E-state index contributed by atoms with van der Waals surface area (Å²) in [5.41, 5.74) is 0. The largest absolute Gasteiger partial charge is 1.00 e. The lowest BCUT2D eigenvalue weighted by Crippen LogP contribution is -3.00. The van der Waals surface area contributed by atoms with Crippen LogP contribution in [-0.4, -0.2) is 36.0 Å². The number of ether oxygens (including phenoxy) is 1. The number of hydrogen-bond acceptors (Lipinski definition) is 1. The zero-order chi connectivity index (χ0) is 7.40. The summed E-state index contributed by atoms with van der Waals surface area (Å²) in [4.78, 5) is 0. The molecule has 0 bridgehead atoms. The van der Waals surface area contributed by atoms with Crippen LogP contribution in [0.5, 0.6) is 0 Å². The van der Waals surface area contributed by atoms with Gasteiger partial charge in [0.1, 0.15) is 0 Å². The molecule has 0 amide bonds. The van der Waals surface area contributed by atoms with E-state index >= 15 is 0 Å². The fourth-order valence-corrected chi connectivity index (χ4v) is 1.36. The van der Waals surface area contributed by atoms with Crippen molar-refractivity contribution in [3.8, 4) is 0 Å². The third-order valence-corrected chi connectivity index (χ3v) is 1.81. The van der Waals surface area contributed by atoms with Gasteiger partial charge in [0.05, 0.1) is 12.3 Å². The molecule has 66 valence electrons. The minimum atomic E-state index is 0. The Morgan fingerprint density at radius 1 is 1.64 bits per heavy atom. The first-order chi connectivity index (χ1) is 4.88. The summed E-state index contributed by atoms with van der Waals surface area (Å²) in [6, 6.07) is 0. The zero-order valence-electron chi connectivity index (χ0n) is 6.65. The Morgan fingerprint density at radius 2 is 2.36 bits per heavy atom. The van der Waals surface area contributed by atoms with Crippen LogP contribution in [0.3, 0.4) is 0 Å². The molecule has 11 heavy (non-hydrogen) atoms. The Kier molecular flexibility index (Phi) is 5.69. The molecule has 0 N–H and O–H groups in total. The van der Waals surface area contributed by atoms with E-state index in [-0.39, 0.29) is 12.4 Å². The van der Waals surface area contributed by atoms with Crippen molar-refractivity contribution < 1.29 is 21.7 Å². The third-order valence-electron chi connectivity index (χ3n) is 1.64. The highest BCUT2D eigenvalue weighted by molar-refractivity contribution is 6.17. The lowest BCUT2D eigenvalue weighted by molar-refractivity contribution is -0.514. The first-order valence-corrected chi connectivity index (χ1v) is 4.21. The van der Waals surface area contributed by atoms with Crippen molar-refractivity contribution in [1.82, 2.24) is 0 Å². The second kappa shape index (κ2) is 5.67. The van der Waals surface area contributed by atoms with E-state index in [2.05, 4.69) is 11.5 Å². The van der Waals surface area contributed by atoms with Crippen LogP contribution in [0.4, 0.5) is 0 Å². The summed E-state index contributed by atoms with van der Waals surface area (Å²) >= 11 is 5.59. The van der Waals surface area contributed by atoms with E-state index in [1.807, 2.05) is 0 Å². The topological polar surface area (TPSA) is 12.2 Å². The Labute approximate surface area is 78.6 Å². The normalized spacial score (nSPS) is 16.2. The SMILES string of the molecule is CCC1=[N+](CCCl)CCO1.[Cl-]. The van der Waals surface area contributed by atoms with E-state index in [4.69, 9.17) is 16.3 Å². The molecule has 1 heterocycles. The fourth-order valence-electron chi connectivity index (χ4n) is 1.15. The predicted molar refractivity (Wildman–Crippen MR) is 42.0 cm³/mol. The number of hydrogen-bond donors (Lipinski definition) is 0. The van der Waals surface area contributed by atoms with Crippen LogP contribution in [0.1, 0.15) is 13.3 Å². The smallest absolute Gasteiger partial charge is 0.336 e. The maximum atomic E-state index is 5.59. The van der Waals surface area contributed by atoms with Crippen molar-refractivity contribution >= 4 is 17.5 Å². The average Bonchev–Trinajstić information content (AvgIpc) is 2.36. The van der Waals surface area contributed by atoms with Gasteiger partial charge in [0.25, 0.3) is 0 Å². The van der Waals surface area contributed by atoms with Gasteiger partial charge in [-0.1, -0.05) is 6.92 Å². The van der Waals surface area contributed by atoms with Crippen molar-refractivity contribution in [3.63, 3.8) is 0 Å². The quantitative estimate of drug-likeness (QED) is 0.380. The van der Waals surface area contributed by atoms with Gasteiger partial charge in [-0.25, -0.2) is 0 Å². The number of halogens is 2. The highest BCUT2D eigenvalue weighted by atomic mass is 35.5. The first-order valence-electron chi connectivity index (χ1n) is 3.68. The molecule has 0 unspecified atom stereocenters. The molecule has 0 saturated carbocycles. The van der Waals surface area contributed by atoms with Gasteiger partial charge in [0, 0.05) is 0 Å². The molecule has 0 aromatic rings. The van der Waals surface area contributed by atoms with E-state index in [0.29, 0.717) is 5.88 Å². The molecule has 0 aliphatic carbocycles. The molecule has 2 nitrogen and oxygen atoms in total. The molecule has 1 rings (SSSR count). The Balaban J connectivity index is 0.000001000. The molecular formula is C7H13Cl2NO. The summed E-state index contributed by atoms with van der Waals surface area (Å²) in [5, 5.41) is 0. The molecule has 1 aliphatic heterocycles. The molecule has 0 fully saturated rings. The maximum absolute atomic E-state index is 5.59. The molecule has 1 aliphatic rings. The Morgan fingerprint density at radius 3 is 2.91 bits per heavy atom. The van der Waals surface area contributed by atoms with Crippen LogP contribution in [0.2, 0.25) is 0 Å². The summed E-state index contributed by atoms with van der Waals surface area (Å²) in [6.45, 7) is 4.86. The third kappa shape index (κ3) is 2.88. The van der Waals surface area contributed by atoms with Gasteiger partial charge in [-0.15, -0.1) is 11.6 Å². The zero-order valence-corrected chi connectivity index (χ0v) is 8.16. The predicted octanol–water partition coefficient (Wildman–Crippen LogP) is -1.92. The molecule has 0 atom stereocenters. The fraction of sp³-hybridized carbons (Fsp3) is 0.857. The molecule has 0 aromatic heterocycles. The highest BCUT2D eigenvalue weighted by Gasteiger charge is 2.20. The summed E-state index contributed by atoms with van der Waals surface area (Å²) in [7, 11) is 0. The highest BCUT2D eigenvalue weighted by Crippen LogP contribution is 1.98. The van der Waals surface area contributed by atoms with E-state index < -0.39 is 0 Å². The van der Waals surface area contributed by atoms with Crippen LogP contribution in [0.25, 0.3) is 0 Å². The minimum absolute atomic E-state index is 0. The second-order valence-corrected chi connectivity index (χ2v) is 2.65.